The first-order chi connectivity index (χ1) is 9.70. The van der Waals surface area contributed by atoms with Crippen molar-refractivity contribution in [2.24, 2.45) is 5.92 Å². The Morgan fingerprint density at radius 3 is 2.80 bits per heavy atom. The number of aliphatic hydroxyl groups excluding tert-OH is 1. The van der Waals surface area contributed by atoms with Crippen LogP contribution in [0.4, 0.5) is 0 Å². The van der Waals surface area contributed by atoms with Crippen molar-refractivity contribution in [1.82, 2.24) is 5.32 Å². The molecule has 2 N–H and O–H groups in total. The normalized spacial score (nSPS) is 22.5. The number of aliphatic hydroxyl groups is 1. The van der Waals surface area contributed by atoms with Crippen LogP contribution in [0.25, 0.3) is 0 Å². The largest absolute Gasteiger partial charge is 0.396 e. The fourth-order valence-electron chi connectivity index (χ4n) is 2.84. The Labute approximate surface area is 128 Å². The summed E-state index contributed by atoms with van der Waals surface area (Å²) in [5.74, 6) is 0.322. The number of carbonyl (C=O) groups excluding carboxylic acids is 1. The number of hydrogen-bond acceptors (Lipinski definition) is 2. The molecule has 0 bridgehead atoms. The molecule has 1 saturated carbocycles. The van der Waals surface area contributed by atoms with E-state index < -0.39 is 0 Å². The van der Waals surface area contributed by atoms with E-state index in [1.54, 1.807) is 0 Å². The number of hydrogen-bond donors (Lipinski definition) is 2. The molecule has 2 rings (SSSR count). The van der Waals surface area contributed by atoms with Crippen molar-refractivity contribution in [3.05, 3.63) is 34.3 Å². The minimum Gasteiger partial charge on any atom is -0.396 e. The number of aryl methyl sites for hydroxylation is 1. The lowest BCUT2D eigenvalue weighted by Crippen LogP contribution is -2.43. The molecule has 2 unspecified atom stereocenters. The molecule has 1 aromatic carbocycles. The van der Waals surface area contributed by atoms with Crippen LogP contribution in [-0.4, -0.2) is 23.7 Å². The first-order valence-corrected chi connectivity index (χ1v) is 8.13. The summed E-state index contributed by atoms with van der Waals surface area (Å²) in [5.41, 5.74) is 1.16. The Bertz CT molecular complexity index is 450. The van der Waals surface area contributed by atoms with Gasteiger partial charge in [0.05, 0.1) is 0 Å². The third-order valence-electron chi connectivity index (χ3n) is 4.07. The summed E-state index contributed by atoms with van der Waals surface area (Å²) in [6.45, 7) is 0.176. The molecule has 2 atom stereocenters. The van der Waals surface area contributed by atoms with Gasteiger partial charge in [-0.3, -0.25) is 4.79 Å². The second-order valence-electron chi connectivity index (χ2n) is 5.49. The van der Waals surface area contributed by atoms with E-state index in [1.165, 1.54) is 0 Å². The van der Waals surface area contributed by atoms with E-state index in [2.05, 4.69) is 21.2 Å². The van der Waals surface area contributed by atoms with E-state index in [1.807, 2.05) is 24.3 Å². The van der Waals surface area contributed by atoms with Crippen molar-refractivity contribution in [2.45, 2.75) is 44.6 Å². The van der Waals surface area contributed by atoms with Crippen LogP contribution in [0.5, 0.6) is 0 Å². The lowest BCUT2D eigenvalue weighted by atomic mass is 9.85. The van der Waals surface area contributed by atoms with E-state index >= 15 is 0 Å². The van der Waals surface area contributed by atoms with E-state index in [0.717, 1.165) is 42.1 Å². The van der Waals surface area contributed by atoms with Gasteiger partial charge in [0.2, 0.25) is 5.91 Å². The molecule has 3 nitrogen and oxygen atoms in total. The van der Waals surface area contributed by atoms with Crippen LogP contribution in [0.15, 0.2) is 28.7 Å². The lowest BCUT2D eigenvalue weighted by Gasteiger charge is -2.30. The van der Waals surface area contributed by atoms with Crippen LogP contribution < -0.4 is 5.32 Å². The number of amides is 1. The van der Waals surface area contributed by atoms with Gasteiger partial charge in [0.15, 0.2) is 0 Å². The standard InChI is InChI=1S/C16H22BrNO2/c17-14-7-3-1-5-12(14)9-10-16(20)18-15-8-4-2-6-13(15)11-19/h1,3,5,7,13,15,19H,2,4,6,8-11H2,(H,18,20). The molecule has 110 valence electrons. The van der Waals surface area contributed by atoms with Gasteiger partial charge in [-0.2, -0.15) is 0 Å². The highest BCUT2D eigenvalue weighted by Gasteiger charge is 2.25. The molecule has 20 heavy (non-hydrogen) atoms. The van der Waals surface area contributed by atoms with Crippen LogP contribution in [-0.2, 0) is 11.2 Å². The summed E-state index contributed by atoms with van der Waals surface area (Å²) in [6.07, 6.45) is 5.55. The zero-order valence-corrected chi connectivity index (χ0v) is 13.2. The topological polar surface area (TPSA) is 49.3 Å². The van der Waals surface area contributed by atoms with E-state index in [-0.39, 0.29) is 24.5 Å². The molecule has 0 aliphatic heterocycles. The number of benzene rings is 1. The van der Waals surface area contributed by atoms with Crippen LogP contribution in [0.1, 0.15) is 37.7 Å². The maximum atomic E-state index is 12.0. The number of halogens is 1. The molecule has 1 fully saturated rings. The zero-order valence-electron chi connectivity index (χ0n) is 11.6. The third-order valence-corrected chi connectivity index (χ3v) is 4.84. The van der Waals surface area contributed by atoms with E-state index in [0.29, 0.717) is 6.42 Å². The van der Waals surface area contributed by atoms with Gasteiger partial charge in [0, 0.05) is 29.5 Å². The summed E-state index contributed by atoms with van der Waals surface area (Å²) in [5, 5.41) is 12.5. The maximum absolute atomic E-state index is 12.0. The van der Waals surface area contributed by atoms with Gasteiger partial charge < -0.3 is 10.4 Å². The second kappa shape index (κ2) is 7.79. The Kier molecular flexibility index (Phi) is 6.05. The molecule has 1 aromatic rings. The Balaban J connectivity index is 1.82. The number of nitrogens with one attached hydrogen (secondary N) is 1. The summed E-state index contributed by atoms with van der Waals surface area (Å²) in [7, 11) is 0. The van der Waals surface area contributed by atoms with E-state index in [4.69, 9.17) is 0 Å². The predicted molar refractivity (Wildman–Crippen MR) is 83.4 cm³/mol. The molecule has 4 heteroatoms. The Morgan fingerprint density at radius 2 is 2.05 bits per heavy atom. The number of carbonyl (C=O) groups is 1. The van der Waals surface area contributed by atoms with Crippen molar-refractivity contribution < 1.29 is 9.90 Å². The second-order valence-corrected chi connectivity index (χ2v) is 6.35. The van der Waals surface area contributed by atoms with Gasteiger partial charge in [-0.25, -0.2) is 0 Å². The number of rotatable bonds is 5. The van der Waals surface area contributed by atoms with Gasteiger partial charge in [0.25, 0.3) is 0 Å². The molecule has 0 aromatic heterocycles. The minimum absolute atomic E-state index is 0.0890. The highest BCUT2D eigenvalue weighted by Crippen LogP contribution is 2.24. The van der Waals surface area contributed by atoms with Crippen molar-refractivity contribution in [3.8, 4) is 0 Å². The fourth-order valence-corrected chi connectivity index (χ4v) is 3.33. The zero-order chi connectivity index (χ0) is 14.4. The molecule has 1 aliphatic carbocycles. The quantitative estimate of drug-likeness (QED) is 0.866. The molecule has 0 heterocycles. The summed E-state index contributed by atoms with van der Waals surface area (Å²) in [6, 6.07) is 8.15. The molecule has 1 amide bonds. The maximum Gasteiger partial charge on any atom is 0.220 e. The summed E-state index contributed by atoms with van der Waals surface area (Å²) in [4.78, 5) is 12.0. The molecular formula is C16H22BrNO2. The Hall–Kier alpha value is -0.870. The lowest BCUT2D eigenvalue weighted by molar-refractivity contribution is -0.122. The van der Waals surface area contributed by atoms with Crippen molar-refractivity contribution in [2.75, 3.05) is 6.61 Å². The molecule has 1 aliphatic rings. The monoisotopic (exact) mass is 339 g/mol. The average molecular weight is 340 g/mol. The first kappa shape index (κ1) is 15.5. The predicted octanol–water partition coefficient (Wildman–Crippen LogP) is 3.05. The van der Waals surface area contributed by atoms with Crippen molar-refractivity contribution >= 4 is 21.8 Å². The first-order valence-electron chi connectivity index (χ1n) is 7.34. The highest BCUT2D eigenvalue weighted by molar-refractivity contribution is 9.10. The highest BCUT2D eigenvalue weighted by atomic mass is 79.9. The van der Waals surface area contributed by atoms with Gasteiger partial charge in [-0.15, -0.1) is 0 Å². The Morgan fingerprint density at radius 1 is 1.30 bits per heavy atom. The molecule has 0 saturated heterocycles. The van der Waals surface area contributed by atoms with Gasteiger partial charge in [-0.1, -0.05) is 47.0 Å². The average Bonchev–Trinajstić information content (AvgIpc) is 2.47. The van der Waals surface area contributed by atoms with Gasteiger partial charge in [-0.05, 0) is 30.9 Å². The van der Waals surface area contributed by atoms with Crippen LogP contribution in [0.3, 0.4) is 0 Å². The smallest absolute Gasteiger partial charge is 0.220 e. The minimum atomic E-state index is 0.0890. The van der Waals surface area contributed by atoms with Crippen LogP contribution in [0, 0.1) is 5.92 Å². The fraction of sp³-hybridized carbons (Fsp3) is 0.562. The van der Waals surface area contributed by atoms with Crippen molar-refractivity contribution in [1.29, 1.82) is 0 Å². The molecule has 0 spiro atoms. The summed E-state index contributed by atoms with van der Waals surface area (Å²) < 4.78 is 1.05. The third kappa shape index (κ3) is 4.32. The van der Waals surface area contributed by atoms with Crippen LogP contribution >= 0.6 is 15.9 Å². The van der Waals surface area contributed by atoms with E-state index in [9.17, 15) is 9.90 Å². The summed E-state index contributed by atoms with van der Waals surface area (Å²) >= 11 is 3.50. The SMILES string of the molecule is O=C(CCc1ccccc1Br)NC1CCCCC1CO. The van der Waals surface area contributed by atoms with Crippen molar-refractivity contribution in [3.63, 3.8) is 0 Å². The van der Waals surface area contributed by atoms with Crippen LogP contribution in [0.2, 0.25) is 0 Å². The molecule has 0 radical (unpaired) electrons. The van der Waals surface area contributed by atoms with Gasteiger partial charge in [0.1, 0.15) is 0 Å². The van der Waals surface area contributed by atoms with Gasteiger partial charge >= 0.3 is 0 Å². The molecular weight excluding hydrogens is 318 g/mol.